The maximum absolute atomic E-state index is 12.0. The molecule has 3 N–H and O–H groups in total. The van der Waals surface area contributed by atoms with E-state index in [-0.39, 0.29) is 17.4 Å². The second-order valence-corrected chi connectivity index (χ2v) is 4.71. The second-order valence-electron chi connectivity index (χ2n) is 4.71. The van der Waals surface area contributed by atoms with Crippen LogP contribution in [-0.4, -0.2) is 30.1 Å². The Kier molecular flexibility index (Phi) is 4.52. The average Bonchev–Trinajstić information content (AvgIpc) is 2.91. The van der Waals surface area contributed by atoms with Crippen LogP contribution in [0.3, 0.4) is 0 Å². The van der Waals surface area contributed by atoms with Gasteiger partial charge in [-0.15, -0.1) is 0 Å². The molecule has 20 heavy (non-hydrogen) atoms. The molecule has 1 aliphatic heterocycles. The van der Waals surface area contributed by atoms with Gasteiger partial charge < -0.3 is 15.8 Å². The number of hydrogen-bond donors (Lipinski definition) is 2. The summed E-state index contributed by atoms with van der Waals surface area (Å²) in [6, 6.07) is 3.96. The highest BCUT2D eigenvalue weighted by molar-refractivity contribution is 5.99. The van der Waals surface area contributed by atoms with E-state index in [1.807, 2.05) is 0 Å². The van der Waals surface area contributed by atoms with Crippen LogP contribution in [0.25, 0.3) is 0 Å². The van der Waals surface area contributed by atoms with Gasteiger partial charge in [0.2, 0.25) is 0 Å². The molecule has 0 saturated carbocycles. The molecule has 1 amide bonds. The fraction of sp³-hybridized carbons (Fsp3) is 0.462. The highest BCUT2D eigenvalue weighted by atomic mass is 16.6. The van der Waals surface area contributed by atoms with Crippen LogP contribution in [0.1, 0.15) is 29.6 Å². The molecule has 0 aliphatic carbocycles. The second kappa shape index (κ2) is 6.33. The quantitative estimate of drug-likeness (QED) is 0.482. The minimum absolute atomic E-state index is 0.0117. The minimum Gasteiger partial charge on any atom is -0.399 e. The molecule has 1 aromatic rings. The Labute approximate surface area is 116 Å². The molecule has 0 bridgehead atoms. The van der Waals surface area contributed by atoms with Gasteiger partial charge in [0.05, 0.1) is 11.0 Å². The Morgan fingerprint density at radius 3 is 3.00 bits per heavy atom. The highest BCUT2D eigenvalue weighted by Crippen LogP contribution is 2.21. The monoisotopic (exact) mass is 279 g/mol. The maximum atomic E-state index is 12.0. The van der Waals surface area contributed by atoms with Crippen molar-refractivity contribution in [3.63, 3.8) is 0 Å². The van der Waals surface area contributed by atoms with Gasteiger partial charge in [0.1, 0.15) is 5.56 Å². The summed E-state index contributed by atoms with van der Waals surface area (Å²) in [6.07, 6.45) is 2.92. The Morgan fingerprint density at radius 2 is 2.35 bits per heavy atom. The fourth-order valence-corrected chi connectivity index (χ4v) is 2.21. The van der Waals surface area contributed by atoms with Crippen LogP contribution in [0.5, 0.6) is 0 Å². The van der Waals surface area contributed by atoms with Crippen LogP contribution in [0.15, 0.2) is 18.2 Å². The zero-order valence-electron chi connectivity index (χ0n) is 11.0. The lowest BCUT2D eigenvalue weighted by atomic mass is 10.1. The molecule has 7 heteroatoms. The number of hydrogen-bond acceptors (Lipinski definition) is 5. The molecule has 2 rings (SSSR count). The zero-order chi connectivity index (χ0) is 14.5. The summed E-state index contributed by atoms with van der Waals surface area (Å²) in [5.41, 5.74) is 5.64. The molecule has 1 fully saturated rings. The average molecular weight is 279 g/mol. The van der Waals surface area contributed by atoms with E-state index in [0.717, 1.165) is 19.4 Å². The van der Waals surface area contributed by atoms with E-state index in [0.29, 0.717) is 18.7 Å². The molecule has 1 saturated heterocycles. The van der Waals surface area contributed by atoms with Crippen LogP contribution < -0.4 is 11.1 Å². The van der Waals surface area contributed by atoms with E-state index >= 15 is 0 Å². The third-order valence-electron chi connectivity index (χ3n) is 3.24. The number of nitrogen functional groups attached to an aromatic ring is 1. The summed E-state index contributed by atoms with van der Waals surface area (Å²) in [7, 11) is 0. The smallest absolute Gasteiger partial charge is 0.282 e. The van der Waals surface area contributed by atoms with E-state index in [9.17, 15) is 14.9 Å². The molecule has 1 heterocycles. The third-order valence-corrected chi connectivity index (χ3v) is 3.24. The van der Waals surface area contributed by atoms with Crippen molar-refractivity contribution in [3.8, 4) is 0 Å². The molecule has 1 aliphatic rings. The summed E-state index contributed by atoms with van der Waals surface area (Å²) in [5.74, 6) is -0.484. The van der Waals surface area contributed by atoms with Gasteiger partial charge in [0.15, 0.2) is 0 Å². The van der Waals surface area contributed by atoms with Gasteiger partial charge in [0, 0.05) is 24.9 Å². The van der Waals surface area contributed by atoms with Gasteiger partial charge in [-0.25, -0.2) is 0 Å². The van der Waals surface area contributed by atoms with E-state index in [4.69, 9.17) is 10.5 Å². The van der Waals surface area contributed by atoms with E-state index in [1.54, 1.807) is 0 Å². The number of carbonyl (C=O) groups is 1. The van der Waals surface area contributed by atoms with Crippen LogP contribution in [0.2, 0.25) is 0 Å². The summed E-state index contributed by atoms with van der Waals surface area (Å²) >= 11 is 0. The highest BCUT2D eigenvalue weighted by Gasteiger charge is 2.21. The molecular formula is C13H17N3O4. The third kappa shape index (κ3) is 3.45. The Balaban J connectivity index is 1.97. The normalized spacial score (nSPS) is 17.9. The van der Waals surface area contributed by atoms with Crippen molar-refractivity contribution in [2.75, 3.05) is 18.9 Å². The molecule has 0 radical (unpaired) electrons. The molecule has 1 aromatic carbocycles. The number of anilines is 1. The molecule has 0 spiro atoms. The first-order valence-corrected chi connectivity index (χ1v) is 6.51. The SMILES string of the molecule is Nc1ccc([N+](=O)[O-])c(C(=O)NCCC2CCCO2)c1. The van der Waals surface area contributed by atoms with E-state index in [2.05, 4.69) is 5.32 Å². The summed E-state index contributed by atoms with van der Waals surface area (Å²) in [4.78, 5) is 22.3. The molecule has 108 valence electrons. The standard InChI is InChI=1S/C13H17N3O4/c14-9-3-4-12(16(18)19)11(8-9)13(17)15-6-5-10-2-1-7-20-10/h3-4,8,10H,1-2,5-7,14H2,(H,15,17). The number of nitro groups is 1. The number of carbonyl (C=O) groups excluding carboxylic acids is 1. The molecule has 7 nitrogen and oxygen atoms in total. The lowest BCUT2D eigenvalue weighted by Crippen LogP contribution is -2.27. The summed E-state index contributed by atoms with van der Waals surface area (Å²) in [6.45, 7) is 1.19. The van der Waals surface area contributed by atoms with Crippen molar-refractivity contribution in [3.05, 3.63) is 33.9 Å². The van der Waals surface area contributed by atoms with Crippen molar-refractivity contribution in [2.45, 2.75) is 25.4 Å². The molecular weight excluding hydrogens is 262 g/mol. The van der Waals surface area contributed by atoms with Crippen molar-refractivity contribution in [2.24, 2.45) is 0 Å². The first kappa shape index (κ1) is 14.3. The largest absolute Gasteiger partial charge is 0.399 e. The first-order chi connectivity index (χ1) is 9.58. The van der Waals surface area contributed by atoms with Gasteiger partial charge in [0.25, 0.3) is 11.6 Å². The zero-order valence-corrected chi connectivity index (χ0v) is 11.0. The summed E-state index contributed by atoms with van der Waals surface area (Å²) in [5, 5.41) is 13.6. The van der Waals surface area contributed by atoms with Crippen LogP contribution >= 0.6 is 0 Å². The van der Waals surface area contributed by atoms with E-state index < -0.39 is 10.8 Å². The van der Waals surface area contributed by atoms with Gasteiger partial charge in [-0.1, -0.05) is 0 Å². The predicted octanol–water partition coefficient (Wildman–Crippen LogP) is 1.48. The number of ether oxygens (including phenoxy) is 1. The van der Waals surface area contributed by atoms with Gasteiger partial charge in [-0.05, 0) is 31.4 Å². The number of benzene rings is 1. The predicted molar refractivity (Wildman–Crippen MR) is 73.4 cm³/mol. The number of amides is 1. The number of nitrogens with two attached hydrogens (primary N) is 1. The van der Waals surface area contributed by atoms with E-state index in [1.165, 1.54) is 18.2 Å². The number of rotatable bonds is 5. The van der Waals surface area contributed by atoms with Crippen molar-refractivity contribution < 1.29 is 14.5 Å². The van der Waals surface area contributed by atoms with Crippen LogP contribution in [0, 0.1) is 10.1 Å². The van der Waals surface area contributed by atoms with Crippen LogP contribution in [0.4, 0.5) is 11.4 Å². The number of nitro benzene ring substituents is 1. The number of nitrogens with zero attached hydrogens (tertiary/aromatic N) is 1. The fourth-order valence-electron chi connectivity index (χ4n) is 2.21. The number of nitrogens with one attached hydrogen (secondary N) is 1. The lowest BCUT2D eigenvalue weighted by Gasteiger charge is -2.10. The van der Waals surface area contributed by atoms with Gasteiger partial charge in [-0.3, -0.25) is 14.9 Å². The van der Waals surface area contributed by atoms with Crippen LogP contribution in [-0.2, 0) is 4.74 Å². The Morgan fingerprint density at radius 1 is 1.55 bits per heavy atom. The minimum atomic E-state index is -0.589. The molecule has 1 unspecified atom stereocenters. The van der Waals surface area contributed by atoms with Crippen molar-refractivity contribution >= 4 is 17.3 Å². The van der Waals surface area contributed by atoms with Gasteiger partial charge in [-0.2, -0.15) is 0 Å². The topological polar surface area (TPSA) is 107 Å². The Hall–Kier alpha value is -2.15. The summed E-state index contributed by atoms with van der Waals surface area (Å²) < 4.78 is 5.44. The lowest BCUT2D eigenvalue weighted by molar-refractivity contribution is -0.385. The Bertz CT molecular complexity index is 512. The van der Waals surface area contributed by atoms with Crippen molar-refractivity contribution in [1.29, 1.82) is 0 Å². The molecule has 1 atom stereocenters. The van der Waals surface area contributed by atoms with Crippen molar-refractivity contribution in [1.82, 2.24) is 5.32 Å². The van der Waals surface area contributed by atoms with Gasteiger partial charge >= 0.3 is 0 Å². The maximum Gasteiger partial charge on any atom is 0.282 e. The first-order valence-electron chi connectivity index (χ1n) is 6.51. The molecule has 0 aromatic heterocycles.